The van der Waals surface area contributed by atoms with Crippen molar-refractivity contribution in [3.8, 4) is 0 Å². The number of carboxylic acid groups (broad SMARTS) is 1. The lowest BCUT2D eigenvalue weighted by atomic mass is 10.1. The number of carboxylic acids is 1. The maximum Gasteiger partial charge on any atom is 0.337 e. The molecule has 0 saturated heterocycles. The van der Waals surface area contributed by atoms with E-state index in [1.54, 1.807) is 25.1 Å². The van der Waals surface area contributed by atoms with E-state index in [0.717, 1.165) is 5.56 Å². The van der Waals surface area contributed by atoms with Crippen LogP contribution in [0.25, 0.3) is 0 Å². The van der Waals surface area contributed by atoms with Crippen molar-refractivity contribution >= 4 is 29.3 Å². The number of rotatable bonds is 4. The molecular formula is C17H16N2O5. The van der Waals surface area contributed by atoms with E-state index >= 15 is 0 Å². The van der Waals surface area contributed by atoms with Gasteiger partial charge in [-0.15, -0.1) is 0 Å². The van der Waals surface area contributed by atoms with Crippen molar-refractivity contribution in [3.05, 3.63) is 59.2 Å². The third-order valence-corrected chi connectivity index (χ3v) is 3.30. The molecule has 0 aliphatic rings. The lowest BCUT2D eigenvalue weighted by Crippen LogP contribution is -2.20. The normalized spacial score (nSPS) is 9.92. The summed E-state index contributed by atoms with van der Waals surface area (Å²) in [5.41, 5.74) is 2.06. The number of nitrogens with one attached hydrogen (secondary N) is 2. The van der Waals surface area contributed by atoms with Crippen LogP contribution in [0.15, 0.2) is 42.5 Å². The number of benzene rings is 2. The van der Waals surface area contributed by atoms with Gasteiger partial charge in [0, 0.05) is 11.4 Å². The van der Waals surface area contributed by atoms with Crippen molar-refractivity contribution in [2.75, 3.05) is 17.7 Å². The number of hydrogen-bond acceptors (Lipinski definition) is 4. The van der Waals surface area contributed by atoms with E-state index in [4.69, 9.17) is 5.11 Å². The minimum absolute atomic E-state index is 0.0818. The van der Waals surface area contributed by atoms with Gasteiger partial charge in [-0.3, -0.25) is 0 Å². The first-order chi connectivity index (χ1) is 11.4. The number of carbonyl (C=O) groups is 3. The number of esters is 1. The summed E-state index contributed by atoms with van der Waals surface area (Å²) in [5.74, 6) is -1.54. The summed E-state index contributed by atoms with van der Waals surface area (Å²) in [7, 11) is 1.29. The lowest BCUT2D eigenvalue weighted by Gasteiger charge is -2.11. The van der Waals surface area contributed by atoms with Crippen LogP contribution in [0, 0.1) is 6.92 Å². The number of amides is 2. The Morgan fingerprint density at radius 3 is 2.17 bits per heavy atom. The van der Waals surface area contributed by atoms with Crippen LogP contribution in [-0.4, -0.2) is 30.2 Å². The van der Waals surface area contributed by atoms with E-state index in [9.17, 15) is 14.4 Å². The average Bonchev–Trinajstić information content (AvgIpc) is 2.56. The highest BCUT2D eigenvalue weighted by molar-refractivity contribution is 6.01. The minimum atomic E-state index is -1.07. The Morgan fingerprint density at radius 1 is 0.958 bits per heavy atom. The van der Waals surface area contributed by atoms with Gasteiger partial charge in [0.25, 0.3) is 0 Å². The Hall–Kier alpha value is -3.35. The maximum absolute atomic E-state index is 12.0. The van der Waals surface area contributed by atoms with Crippen LogP contribution in [0.5, 0.6) is 0 Å². The van der Waals surface area contributed by atoms with E-state index in [-0.39, 0.29) is 5.56 Å². The van der Waals surface area contributed by atoms with Gasteiger partial charge >= 0.3 is 18.0 Å². The lowest BCUT2D eigenvalue weighted by molar-refractivity contribution is 0.0600. The molecule has 7 heteroatoms. The van der Waals surface area contributed by atoms with E-state index in [1.807, 2.05) is 0 Å². The smallest absolute Gasteiger partial charge is 0.337 e. The van der Waals surface area contributed by atoms with Gasteiger partial charge in [0.1, 0.15) is 0 Å². The molecule has 0 spiro atoms. The SMILES string of the molecule is COC(=O)c1ccc(NC(=O)Nc2cc(C(=O)O)ccc2C)cc1. The van der Waals surface area contributed by atoms with E-state index < -0.39 is 18.0 Å². The van der Waals surface area contributed by atoms with E-state index in [2.05, 4.69) is 15.4 Å². The molecule has 7 nitrogen and oxygen atoms in total. The van der Waals surface area contributed by atoms with Gasteiger partial charge in [0.15, 0.2) is 0 Å². The predicted molar refractivity (Wildman–Crippen MR) is 88.6 cm³/mol. The van der Waals surface area contributed by atoms with Crippen LogP contribution in [0.2, 0.25) is 0 Å². The first-order valence-corrected chi connectivity index (χ1v) is 7.01. The van der Waals surface area contributed by atoms with Crippen LogP contribution in [0.3, 0.4) is 0 Å². The van der Waals surface area contributed by atoms with Gasteiger partial charge in [-0.25, -0.2) is 14.4 Å². The van der Waals surface area contributed by atoms with Crippen LogP contribution >= 0.6 is 0 Å². The molecule has 0 bridgehead atoms. The van der Waals surface area contributed by atoms with Crippen molar-refractivity contribution in [1.29, 1.82) is 0 Å². The summed E-state index contributed by atoms with van der Waals surface area (Å²) in [6.45, 7) is 1.76. The summed E-state index contributed by atoms with van der Waals surface area (Å²) in [5, 5.41) is 14.2. The largest absolute Gasteiger partial charge is 0.478 e. The summed E-state index contributed by atoms with van der Waals surface area (Å²) in [6, 6.07) is 10.1. The summed E-state index contributed by atoms with van der Waals surface area (Å²) >= 11 is 0. The zero-order valence-electron chi connectivity index (χ0n) is 13.1. The number of aromatic carboxylic acids is 1. The molecule has 0 atom stereocenters. The first-order valence-electron chi connectivity index (χ1n) is 7.01. The highest BCUT2D eigenvalue weighted by atomic mass is 16.5. The van der Waals surface area contributed by atoms with Crippen molar-refractivity contribution in [1.82, 2.24) is 0 Å². The number of anilines is 2. The second kappa shape index (κ2) is 7.28. The summed E-state index contributed by atoms with van der Waals surface area (Å²) in [4.78, 5) is 34.4. The fourth-order valence-corrected chi connectivity index (χ4v) is 1.98. The van der Waals surface area contributed by atoms with Crippen molar-refractivity contribution in [2.45, 2.75) is 6.92 Å². The van der Waals surface area contributed by atoms with Crippen molar-refractivity contribution < 1.29 is 24.2 Å². The number of urea groups is 1. The molecule has 2 rings (SSSR count). The molecule has 3 N–H and O–H groups in total. The molecule has 0 aliphatic heterocycles. The fourth-order valence-electron chi connectivity index (χ4n) is 1.98. The molecule has 124 valence electrons. The number of aryl methyl sites for hydroxylation is 1. The number of methoxy groups -OCH3 is 1. The standard InChI is InChI=1S/C17H16N2O5/c1-10-3-4-12(15(20)21)9-14(10)19-17(23)18-13-7-5-11(6-8-13)16(22)24-2/h3-9H,1-2H3,(H,20,21)(H2,18,19,23). The van der Waals surface area contributed by atoms with Gasteiger partial charge < -0.3 is 20.5 Å². The summed E-state index contributed by atoms with van der Waals surface area (Å²) in [6.07, 6.45) is 0. The summed E-state index contributed by atoms with van der Waals surface area (Å²) < 4.78 is 4.59. The zero-order valence-corrected chi connectivity index (χ0v) is 13.1. The van der Waals surface area contributed by atoms with Crippen LogP contribution in [0.4, 0.5) is 16.2 Å². The highest BCUT2D eigenvalue weighted by Crippen LogP contribution is 2.18. The predicted octanol–water partition coefficient (Wildman–Crippen LogP) is 3.12. The molecule has 0 aromatic heterocycles. The number of ether oxygens (including phenoxy) is 1. The zero-order chi connectivity index (χ0) is 17.7. The van der Waals surface area contributed by atoms with Crippen molar-refractivity contribution in [2.24, 2.45) is 0 Å². The molecule has 24 heavy (non-hydrogen) atoms. The van der Waals surface area contributed by atoms with Crippen LogP contribution < -0.4 is 10.6 Å². The fraction of sp³-hybridized carbons (Fsp3) is 0.118. The first kappa shape index (κ1) is 17.0. The third kappa shape index (κ3) is 4.10. The third-order valence-electron chi connectivity index (χ3n) is 3.30. The monoisotopic (exact) mass is 328 g/mol. The topological polar surface area (TPSA) is 105 Å². The highest BCUT2D eigenvalue weighted by Gasteiger charge is 2.10. The molecule has 0 saturated carbocycles. The van der Waals surface area contributed by atoms with Crippen LogP contribution in [0.1, 0.15) is 26.3 Å². The van der Waals surface area contributed by atoms with Gasteiger partial charge in [-0.1, -0.05) is 6.07 Å². The second-order valence-corrected chi connectivity index (χ2v) is 4.98. The second-order valence-electron chi connectivity index (χ2n) is 4.98. The quantitative estimate of drug-likeness (QED) is 0.748. The Kier molecular flexibility index (Phi) is 5.16. The average molecular weight is 328 g/mol. The molecule has 2 amide bonds. The van der Waals surface area contributed by atoms with Crippen molar-refractivity contribution in [3.63, 3.8) is 0 Å². The van der Waals surface area contributed by atoms with E-state index in [1.165, 1.54) is 31.4 Å². The molecule has 0 fully saturated rings. The van der Waals surface area contributed by atoms with Gasteiger partial charge in [0.05, 0.1) is 18.2 Å². The molecule has 2 aromatic carbocycles. The Bertz CT molecular complexity index is 784. The van der Waals surface area contributed by atoms with Gasteiger partial charge in [-0.05, 0) is 48.9 Å². The Labute approximate surface area is 138 Å². The van der Waals surface area contributed by atoms with E-state index in [0.29, 0.717) is 16.9 Å². The molecule has 0 aliphatic carbocycles. The number of carbonyl (C=O) groups excluding carboxylic acids is 2. The van der Waals surface area contributed by atoms with Crippen LogP contribution in [-0.2, 0) is 4.74 Å². The maximum atomic E-state index is 12.0. The molecule has 0 radical (unpaired) electrons. The van der Waals surface area contributed by atoms with Gasteiger partial charge in [0.2, 0.25) is 0 Å². The Balaban J connectivity index is 2.07. The minimum Gasteiger partial charge on any atom is -0.478 e. The Morgan fingerprint density at radius 2 is 1.58 bits per heavy atom. The van der Waals surface area contributed by atoms with Gasteiger partial charge in [-0.2, -0.15) is 0 Å². The molecule has 2 aromatic rings. The molecule has 0 unspecified atom stereocenters. The number of hydrogen-bond donors (Lipinski definition) is 3. The molecular weight excluding hydrogens is 312 g/mol. The molecule has 0 heterocycles.